The lowest BCUT2D eigenvalue weighted by molar-refractivity contribution is -0.115. The average Bonchev–Trinajstić information content (AvgIpc) is 2.88. The van der Waals surface area contributed by atoms with Gasteiger partial charge in [-0.25, -0.2) is 0 Å². The van der Waals surface area contributed by atoms with E-state index in [0.29, 0.717) is 10.8 Å². The molecule has 1 aromatic rings. The molecule has 0 saturated carbocycles. The van der Waals surface area contributed by atoms with Crippen LogP contribution in [0.2, 0.25) is 0 Å². The zero-order chi connectivity index (χ0) is 19.1. The van der Waals surface area contributed by atoms with Crippen LogP contribution in [0, 0.1) is 0 Å². The molecule has 26 heavy (non-hydrogen) atoms. The second-order valence-corrected chi connectivity index (χ2v) is 8.59. The molecule has 2 aliphatic rings. The Balaban J connectivity index is 2.11. The van der Waals surface area contributed by atoms with Crippen LogP contribution in [0.5, 0.6) is 5.75 Å². The lowest BCUT2D eigenvalue weighted by Crippen LogP contribution is -2.48. The molecular formula is C20H26N2O3S. The van der Waals surface area contributed by atoms with Gasteiger partial charge in [-0.05, 0) is 62.1 Å². The molecule has 2 heterocycles. The fraction of sp³-hybridized carbons (Fsp3) is 0.500. The van der Waals surface area contributed by atoms with Crippen LogP contribution in [0.25, 0.3) is 6.08 Å². The van der Waals surface area contributed by atoms with Crippen LogP contribution < -0.4 is 15.0 Å². The molecule has 0 aliphatic carbocycles. The van der Waals surface area contributed by atoms with E-state index in [-0.39, 0.29) is 16.7 Å². The normalized spacial score (nSPS) is 23.2. The summed E-state index contributed by atoms with van der Waals surface area (Å²) in [5.41, 5.74) is 3.39. The first-order chi connectivity index (χ1) is 12.3. The molecule has 1 fully saturated rings. The lowest BCUT2D eigenvalue weighted by Gasteiger charge is -2.47. The SMILES string of the molecule is CCCN1c2cc(OC)c(/C=C3\SC(=O)NC3=O)cc2C(C)CC1(C)C. The Morgan fingerprint density at radius 3 is 2.69 bits per heavy atom. The van der Waals surface area contributed by atoms with Gasteiger partial charge in [-0.1, -0.05) is 13.8 Å². The van der Waals surface area contributed by atoms with E-state index in [4.69, 9.17) is 4.74 Å². The number of nitrogens with one attached hydrogen (secondary N) is 1. The third kappa shape index (κ3) is 3.34. The van der Waals surface area contributed by atoms with Crippen molar-refractivity contribution in [1.29, 1.82) is 0 Å². The third-order valence-electron chi connectivity index (χ3n) is 5.11. The van der Waals surface area contributed by atoms with Gasteiger partial charge >= 0.3 is 0 Å². The van der Waals surface area contributed by atoms with Crippen molar-refractivity contribution in [2.24, 2.45) is 0 Å². The fourth-order valence-electron chi connectivity index (χ4n) is 4.03. The van der Waals surface area contributed by atoms with Crippen molar-refractivity contribution in [2.75, 3.05) is 18.6 Å². The number of anilines is 1. The first-order valence-electron chi connectivity index (χ1n) is 9.01. The van der Waals surface area contributed by atoms with Gasteiger partial charge in [-0.15, -0.1) is 0 Å². The molecule has 1 saturated heterocycles. The lowest BCUT2D eigenvalue weighted by atomic mass is 9.79. The molecule has 0 spiro atoms. The Bertz CT molecular complexity index is 786. The maximum absolute atomic E-state index is 11.9. The van der Waals surface area contributed by atoms with Crippen LogP contribution in [0.3, 0.4) is 0 Å². The number of hydrogen-bond donors (Lipinski definition) is 1. The molecule has 0 aromatic heterocycles. The minimum Gasteiger partial charge on any atom is -0.496 e. The molecule has 5 nitrogen and oxygen atoms in total. The highest BCUT2D eigenvalue weighted by Gasteiger charge is 2.36. The Kier molecular flexibility index (Phi) is 5.06. The molecule has 1 atom stereocenters. The van der Waals surface area contributed by atoms with E-state index in [9.17, 15) is 9.59 Å². The Morgan fingerprint density at radius 2 is 2.12 bits per heavy atom. The number of methoxy groups -OCH3 is 1. The van der Waals surface area contributed by atoms with Gasteiger partial charge in [0.1, 0.15) is 5.75 Å². The van der Waals surface area contributed by atoms with Crippen molar-refractivity contribution in [3.8, 4) is 5.75 Å². The largest absolute Gasteiger partial charge is 0.496 e. The Labute approximate surface area is 159 Å². The van der Waals surface area contributed by atoms with Gasteiger partial charge in [0.05, 0.1) is 12.0 Å². The number of rotatable bonds is 4. The first-order valence-corrected chi connectivity index (χ1v) is 9.83. The van der Waals surface area contributed by atoms with Crippen molar-refractivity contribution in [1.82, 2.24) is 5.32 Å². The maximum atomic E-state index is 11.9. The second-order valence-electron chi connectivity index (χ2n) is 7.57. The monoisotopic (exact) mass is 374 g/mol. The maximum Gasteiger partial charge on any atom is 0.290 e. The van der Waals surface area contributed by atoms with E-state index in [0.717, 1.165) is 42.5 Å². The quantitative estimate of drug-likeness (QED) is 0.785. The molecule has 0 radical (unpaired) electrons. The van der Waals surface area contributed by atoms with E-state index in [1.165, 1.54) is 11.3 Å². The summed E-state index contributed by atoms with van der Waals surface area (Å²) >= 11 is 0.930. The summed E-state index contributed by atoms with van der Waals surface area (Å²) in [6.45, 7) is 10.00. The van der Waals surface area contributed by atoms with Gasteiger partial charge in [0.15, 0.2) is 0 Å². The summed E-state index contributed by atoms with van der Waals surface area (Å²) in [4.78, 5) is 26.2. The number of benzene rings is 1. The predicted molar refractivity (Wildman–Crippen MR) is 107 cm³/mol. The average molecular weight is 375 g/mol. The van der Waals surface area contributed by atoms with Crippen LogP contribution in [-0.4, -0.2) is 30.3 Å². The second kappa shape index (κ2) is 6.99. The van der Waals surface area contributed by atoms with E-state index in [1.54, 1.807) is 13.2 Å². The van der Waals surface area contributed by atoms with E-state index in [2.05, 4.69) is 50.0 Å². The molecule has 1 N–H and O–H groups in total. The van der Waals surface area contributed by atoms with Crippen molar-refractivity contribution in [2.45, 2.75) is 52.0 Å². The van der Waals surface area contributed by atoms with Crippen LogP contribution in [-0.2, 0) is 4.79 Å². The van der Waals surface area contributed by atoms with Crippen LogP contribution in [0.1, 0.15) is 57.6 Å². The van der Waals surface area contributed by atoms with Crippen molar-refractivity contribution in [3.63, 3.8) is 0 Å². The fourth-order valence-corrected chi connectivity index (χ4v) is 4.70. The minimum atomic E-state index is -0.346. The third-order valence-corrected chi connectivity index (χ3v) is 5.92. The Morgan fingerprint density at radius 1 is 1.38 bits per heavy atom. The molecule has 1 unspecified atom stereocenters. The number of thioether (sulfide) groups is 1. The molecule has 0 bridgehead atoms. The minimum absolute atomic E-state index is 0.0844. The van der Waals surface area contributed by atoms with Crippen molar-refractivity contribution in [3.05, 3.63) is 28.2 Å². The Hall–Kier alpha value is -1.95. The summed E-state index contributed by atoms with van der Waals surface area (Å²) in [6, 6.07) is 4.19. The topological polar surface area (TPSA) is 58.6 Å². The highest BCUT2D eigenvalue weighted by atomic mass is 32.2. The van der Waals surface area contributed by atoms with Crippen LogP contribution in [0.15, 0.2) is 17.0 Å². The highest BCUT2D eigenvalue weighted by Crippen LogP contribution is 2.46. The number of fused-ring (bicyclic) bond motifs is 1. The summed E-state index contributed by atoms with van der Waals surface area (Å²) in [7, 11) is 1.64. The number of imide groups is 1. The van der Waals surface area contributed by atoms with E-state index in [1.807, 2.05) is 0 Å². The molecule has 1 aromatic carbocycles. The summed E-state index contributed by atoms with van der Waals surface area (Å²) < 4.78 is 5.62. The van der Waals surface area contributed by atoms with E-state index >= 15 is 0 Å². The predicted octanol–water partition coefficient (Wildman–Crippen LogP) is 4.52. The van der Waals surface area contributed by atoms with Crippen LogP contribution in [0.4, 0.5) is 10.5 Å². The van der Waals surface area contributed by atoms with Crippen molar-refractivity contribution < 1.29 is 14.3 Å². The number of carbonyl (C=O) groups excluding carboxylic acids is 2. The molecule has 6 heteroatoms. The van der Waals surface area contributed by atoms with Gasteiger partial charge in [-0.3, -0.25) is 14.9 Å². The number of nitrogens with zero attached hydrogens (tertiary/aromatic N) is 1. The van der Waals surface area contributed by atoms with Gasteiger partial charge in [0.2, 0.25) is 0 Å². The van der Waals surface area contributed by atoms with Gasteiger partial charge < -0.3 is 9.64 Å². The van der Waals surface area contributed by atoms with Gasteiger partial charge in [0, 0.05) is 29.4 Å². The number of amides is 2. The number of hydrogen-bond acceptors (Lipinski definition) is 5. The van der Waals surface area contributed by atoms with Gasteiger partial charge in [0.25, 0.3) is 11.1 Å². The molecule has 140 valence electrons. The molecule has 3 rings (SSSR count). The zero-order valence-electron chi connectivity index (χ0n) is 16.0. The smallest absolute Gasteiger partial charge is 0.290 e. The number of carbonyl (C=O) groups is 2. The summed E-state index contributed by atoms with van der Waals surface area (Å²) in [5.74, 6) is 0.777. The van der Waals surface area contributed by atoms with Crippen molar-refractivity contribution >= 4 is 34.7 Å². The molecule has 2 amide bonds. The summed E-state index contributed by atoms with van der Waals surface area (Å²) in [6.07, 6.45) is 3.89. The molecular weight excluding hydrogens is 348 g/mol. The molecule has 2 aliphatic heterocycles. The van der Waals surface area contributed by atoms with E-state index < -0.39 is 0 Å². The van der Waals surface area contributed by atoms with Crippen LogP contribution >= 0.6 is 11.8 Å². The standard InChI is InChI=1S/C20H26N2O3S/c1-6-7-22-15-10-16(25-5)13(9-17-18(23)21-19(24)26-17)8-14(15)12(2)11-20(22,3)4/h8-10,12H,6-7,11H2,1-5H3,(H,21,23,24)/b17-9-. The first kappa shape index (κ1) is 18.8. The number of ether oxygens (including phenoxy) is 1. The highest BCUT2D eigenvalue weighted by molar-refractivity contribution is 8.18. The summed E-state index contributed by atoms with van der Waals surface area (Å²) in [5, 5.41) is 1.97. The van der Waals surface area contributed by atoms with Gasteiger partial charge in [-0.2, -0.15) is 0 Å². The zero-order valence-corrected chi connectivity index (χ0v) is 16.8.